The molecule has 104 valence electrons. The van der Waals surface area contributed by atoms with Gasteiger partial charge in [0.2, 0.25) is 5.91 Å². The fourth-order valence-electron chi connectivity index (χ4n) is 2.02. The lowest BCUT2D eigenvalue weighted by Gasteiger charge is -2.19. The smallest absolute Gasteiger partial charge is 0.307 e. The molecule has 1 saturated heterocycles. The van der Waals surface area contributed by atoms with Crippen LogP contribution in [-0.2, 0) is 15.0 Å². The van der Waals surface area contributed by atoms with Crippen molar-refractivity contribution < 1.29 is 17.1 Å². The molecule has 1 aliphatic rings. The summed E-state index contributed by atoms with van der Waals surface area (Å²) in [5.41, 5.74) is 1.26. The van der Waals surface area contributed by atoms with E-state index < -0.39 is 21.4 Å². The van der Waals surface area contributed by atoms with Gasteiger partial charge in [0.15, 0.2) is 0 Å². The van der Waals surface area contributed by atoms with Gasteiger partial charge in [0.1, 0.15) is 5.25 Å². The summed E-state index contributed by atoms with van der Waals surface area (Å²) in [5.74, 6) is -0.423. The molecule has 0 aromatic heterocycles. The normalized spacial score (nSPS) is 20.1. The number of amides is 1. The van der Waals surface area contributed by atoms with Gasteiger partial charge in [-0.05, 0) is 40.5 Å². The first-order chi connectivity index (χ1) is 8.70. The van der Waals surface area contributed by atoms with Gasteiger partial charge in [-0.15, -0.1) is 3.89 Å². The van der Waals surface area contributed by atoms with Crippen LogP contribution in [0.25, 0.3) is 0 Å². The van der Waals surface area contributed by atoms with Crippen molar-refractivity contribution in [3.8, 4) is 0 Å². The van der Waals surface area contributed by atoms with E-state index in [-0.39, 0.29) is 13.0 Å². The zero-order valence-corrected chi connectivity index (χ0v) is 13.0. The Morgan fingerprint density at radius 2 is 2.11 bits per heavy atom. The topological polar surface area (TPSA) is 54.5 Å². The maximum Gasteiger partial charge on any atom is 0.307 e. The van der Waals surface area contributed by atoms with Crippen LogP contribution in [0.5, 0.6) is 0 Å². The lowest BCUT2D eigenvalue weighted by Crippen LogP contribution is -2.27. The van der Waals surface area contributed by atoms with Crippen LogP contribution in [0.3, 0.4) is 0 Å². The number of hydrogen-bond acceptors (Lipinski definition) is 3. The summed E-state index contributed by atoms with van der Waals surface area (Å²) < 4.78 is 35.4. The Kier molecular flexibility index (Phi) is 3.90. The molecule has 0 radical (unpaired) electrons. The molecule has 4 nitrogen and oxygen atoms in total. The van der Waals surface area contributed by atoms with Crippen LogP contribution in [0.4, 0.5) is 9.57 Å². The number of hydrogen-bond donors (Lipinski definition) is 0. The molecular formula is C11H10BrClFNO3S. The number of carbonyl (C=O) groups excluding carboxylic acids is 1. The standard InChI is InChI=1S/C11H10BrClFNO3S/c1-6-2-8(12)9(13)4-10(6)15-5-7(3-11(15)16)19(14,17)18/h2,4,7H,3,5H2,1H3. The zero-order chi connectivity index (χ0) is 14.4. The van der Waals surface area contributed by atoms with Crippen molar-refractivity contribution in [1.82, 2.24) is 0 Å². The van der Waals surface area contributed by atoms with E-state index in [1.807, 2.05) is 0 Å². The molecule has 1 fully saturated rings. The Hall–Kier alpha value is -0.660. The van der Waals surface area contributed by atoms with Crippen LogP contribution in [0.15, 0.2) is 16.6 Å². The predicted molar refractivity (Wildman–Crippen MR) is 74.7 cm³/mol. The molecule has 0 bridgehead atoms. The highest BCUT2D eigenvalue weighted by atomic mass is 79.9. The molecule has 0 saturated carbocycles. The van der Waals surface area contributed by atoms with Gasteiger partial charge in [0, 0.05) is 23.1 Å². The van der Waals surface area contributed by atoms with Gasteiger partial charge in [-0.1, -0.05) is 11.6 Å². The van der Waals surface area contributed by atoms with Crippen molar-refractivity contribution in [2.45, 2.75) is 18.6 Å². The molecule has 1 amide bonds. The summed E-state index contributed by atoms with van der Waals surface area (Å²) in [7, 11) is -4.71. The lowest BCUT2D eigenvalue weighted by atomic mass is 10.2. The van der Waals surface area contributed by atoms with E-state index in [0.29, 0.717) is 15.2 Å². The molecule has 19 heavy (non-hydrogen) atoms. The Morgan fingerprint density at radius 3 is 2.63 bits per heavy atom. The first-order valence-corrected chi connectivity index (χ1v) is 8.01. The molecule has 1 aliphatic heterocycles. The number of aryl methyl sites for hydroxylation is 1. The maximum atomic E-state index is 13.0. The molecule has 0 aliphatic carbocycles. The molecular weight excluding hydrogens is 361 g/mol. The zero-order valence-electron chi connectivity index (χ0n) is 9.86. The van der Waals surface area contributed by atoms with Gasteiger partial charge in [0.05, 0.1) is 5.02 Å². The van der Waals surface area contributed by atoms with Crippen LogP contribution in [0, 0.1) is 6.92 Å². The Labute approximate surface area is 123 Å². The van der Waals surface area contributed by atoms with Crippen LogP contribution >= 0.6 is 27.5 Å². The summed E-state index contributed by atoms with van der Waals surface area (Å²) >= 11 is 9.22. The van der Waals surface area contributed by atoms with Crippen molar-refractivity contribution in [1.29, 1.82) is 0 Å². The van der Waals surface area contributed by atoms with E-state index in [4.69, 9.17) is 11.6 Å². The second-order valence-electron chi connectivity index (χ2n) is 4.36. The van der Waals surface area contributed by atoms with Crippen molar-refractivity contribution >= 4 is 49.3 Å². The molecule has 8 heteroatoms. The molecule has 1 unspecified atom stereocenters. The van der Waals surface area contributed by atoms with Crippen molar-refractivity contribution in [2.75, 3.05) is 11.4 Å². The fourth-order valence-corrected chi connectivity index (χ4v) is 3.31. The van der Waals surface area contributed by atoms with Crippen LogP contribution < -0.4 is 4.90 Å². The van der Waals surface area contributed by atoms with E-state index in [1.54, 1.807) is 19.1 Å². The highest BCUT2D eigenvalue weighted by molar-refractivity contribution is 9.10. The summed E-state index contributed by atoms with van der Waals surface area (Å²) in [6.45, 7) is 1.58. The first-order valence-electron chi connectivity index (χ1n) is 5.39. The van der Waals surface area contributed by atoms with E-state index >= 15 is 0 Å². The molecule has 1 atom stereocenters. The largest absolute Gasteiger partial charge is 0.311 e. The molecule has 1 aromatic carbocycles. The number of carbonyl (C=O) groups is 1. The molecule has 0 N–H and O–H groups in total. The highest BCUT2D eigenvalue weighted by Gasteiger charge is 2.39. The molecule has 1 heterocycles. The summed E-state index contributed by atoms with van der Waals surface area (Å²) in [4.78, 5) is 13.1. The molecule has 1 aromatic rings. The molecule has 2 rings (SSSR count). The summed E-state index contributed by atoms with van der Waals surface area (Å²) in [6, 6.07) is 3.29. The highest BCUT2D eigenvalue weighted by Crippen LogP contribution is 2.34. The fraction of sp³-hybridized carbons (Fsp3) is 0.364. The average molecular weight is 371 g/mol. The van der Waals surface area contributed by atoms with E-state index in [0.717, 1.165) is 5.56 Å². The minimum absolute atomic E-state index is 0.184. The maximum absolute atomic E-state index is 13.0. The van der Waals surface area contributed by atoms with Gasteiger partial charge in [-0.3, -0.25) is 4.79 Å². The van der Waals surface area contributed by atoms with E-state index in [1.165, 1.54) is 4.90 Å². The van der Waals surface area contributed by atoms with E-state index in [2.05, 4.69) is 15.9 Å². The SMILES string of the molecule is Cc1cc(Br)c(Cl)cc1N1CC(S(=O)(=O)F)CC1=O. The van der Waals surface area contributed by atoms with Crippen molar-refractivity contribution in [3.05, 3.63) is 27.2 Å². The summed E-state index contributed by atoms with van der Waals surface area (Å²) in [5, 5.41) is -0.901. The third-order valence-electron chi connectivity index (χ3n) is 3.02. The predicted octanol–water partition coefficient (Wildman–Crippen LogP) is 2.82. The van der Waals surface area contributed by atoms with Gasteiger partial charge in [-0.25, -0.2) is 0 Å². The Morgan fingerprint density at radius 1 is 1.47 bits per heavy atom. The number of halogens is 3. The quantitative estimate of drug-likeness (QED) is 0.752. The molecule has 0 spiro atoms. The monoisotopic (exact) mass is 369 g/mol. The summed E-state index contributed by atoms with van der Waals surface area (Å²) in [6.07, 6.45) is -0.341. The number of benzene rings is 1. The Bertz CT molecular complexity index is 650. The second kappa shape index (κ2) is 5.03. The third kappa shape index (κ3) is 2.93. The number of nitrogens with zero attached hydrogens (tertiary/aromatic N) is 1. The van der Waals surface area contributed by atoms with Crippen molar-refractivity contribution in [3.63, 3.8) is 0 Å². The van der Waals surface area contributed by atoms with Gasteiger partial charge in [-0.2, -0.15) is 8.42 Å². The third-order valence-corrected chi connectivity index (χ3v) is 5.33. The lowest BCUT2D eigenvalue weighted by molar-refractivity contribution is -0.117. The number of anilines is 1. The van der Waals surface area contributed by atoms with E-state index in [9.17, 15) is 17.1 Å². The minimum Gasteiger partial charge on any atom is -0.311 e. The van der Waals surface area contributed by atoms with Crippen LogP contribution in [0.2, 0.25) is 5.02 Å². The van der Waals surface area contributed by atoms with Crippen LogP contribution in [-0.4, -0.2) is 26.1 Å². The minimum atomic E-state index is -4.71. The van der Waals surface area contributed by atoms with Crippen LogP contribution in [0.1, 0.15) is 12.0 Å². The number of rotatable bonds is 2. The van der Waals surface area contributed by atoms with Gasteiger partial charge >= 0.3 is 10.2 Å². The Balaban J connectivity index is 2.39. The van der Waals surface area contributed by atoms with Crippen molar-refractivity contribution in [2.24, 2.45) is 0 Å². The average Bonchev–Trinajstić information content (AvgIpc) is 2.65. The van der Waals surface area contributed by atoms with Gasteiger partial charge < -0.3 is 4.90 Å². The first kappa shape index (κ1) is 14.7. The van der Waals surface area contributed by atoms with Gasteiger partial charge in [0.25, 0.3) is 0 Å². The second-order valence-corrected chi connectivity index (χ2v) is 7.24.